The lowest BCUT2D eigenvalue weighted by Crippen LogP contribution is -2.36. The third-order valence-electron chi connectivity index (χ3n) is 3.29. The number of aryl methyl sites for hydroxylation is 1. The Morgan fingerprint density at radius 3 is 2.87 bits per heavy atom. The van der Waals surface area contributed by atoms with E-state index < -0.39 is 0 Å². The van der Waals surface area contributed by atoms with Gasteiger partial charge in [0.15, 0.2) is 6.04 Å². The maximum Gasteiger partial charge on any atom is 0.151 e. The zero-order valence-corrected chi connectivity index (χ0v) is 9.52. The van der Waals surface area contributed by atoms with E-state index in [9.17, 15) is 0 Å². The van der Waals surface area contributed by atoms with Crippen molar-refractivity contribution in [3.8, 4) is 0 Å². The predicted molar refractivity (Wildman–Crippen MR) is 64.7 cm³/mol. The summed E-state index contributed by atoms with van der Waals surface area (Å²) < 4.78 is 0. The van der Waals surface area contributed by atoms with Crippen LogP contribution in [0.25, 0.3) is 0 Å². The van der Waals surface area contributed by atoms with Crippen LogP contribution in [0, 0.1) is 6.42 Å². The number of rotatable bonds is 3. The molecule has 1 aliphatic rings. The summed E-state index contributed by atoms with van der Waals surface area (Å²) in [5, 5.41) is 0. The third kappa shape index (κ3) is 3.00. The normalized spacial score (nSPS) is 22.3. The van der Waals surface area contributed by atoms with Gasteiger partial charge < -0.3 is 0 Å². The van der Waals surface area contributed by atoms with Crippen molar-refractivity contribution in [2.24, 2.45) is 0 Å². The Balaban J connectivity index is 1.82. The van der Waals surface area contributed by atoms with Crippen LogP contribution in [0.1, 0.15) is 24.8 Å². The van der Waals surface area contributed by atoms with Gasteiger partial charge in [-0.3, -0.25) is 4.90 Å². The minimum Gasteiger partial charge on any atom is -0.266 e. The summed E-state index contributed by atoms with van der Waals surface area (Å²) in [7, 11) is 2.24. The molecule has 1 heterocycles. The highest BCUT2D eigenvalue weighted by atomic mass is 15.1. The third-order valence-corrected chi connectivity index (χ3v) is 3.29. The second-order valence-electron chi connectivity index (χ2n) is 4.45. The molecule has 1 unspecified atom stereocenters. The van der Waals surface area contributed by atoms with Crippen LogP contribution in [0.2, 0.25) is 0 Å². The highest BCUT2D eigenvalue weighted by molar-refractivity contribution is 5.15. The van der Waals surface area contributed by atoms with E-state index in [1.54, 1.807) is 0 Å². The molecule has 1 heteroatoms. The van der Waals surface area contributed by atoms with Crippen LogP contribution in [0.3, 0.4) is 0 Å². The van der Waals surface area contributed by atoms with Gasteiger partial charge in [-0.25, -0.2) is 0 Å². The molecule has 0 aliphatic carbocycles. The average Bonchev–Trinajstić information content (AvgIpc) is 2.29. The average molecular weight is 202 g/mol. The van der Waals surface area contributed by atoms with Crippen LogP contribution in [-0.2, 0) is 6.42 Å². The smallest absolute Gasteiger partial charge is 0.151 e. The first-order chi connectivity index (χ1) is 7.36. The molecule has 1 fully saturated rings. The van der Waals surface area contributed by atoms with Crippen LogP contribution in [-0.4, -0.2) is 24.5 Å². The molecule has 1 aliphatic heterocycles. The Labute approximate surface area is 93.1 Å². The summed E-state index contributed by atoms with van der Waals surface area (Å²) in [6.45, 7) is 1.26. The van der Waals surface area contributed by atoms with E-state index in [1.165, 1.54) is 37.8 Å². The van der Waals surface area contributed by atoms with Crippen molar-refractivity contribution in [2.75, 3.05) is 13.6 Å². The number of hydrogen-bond donors (Lipinski definition) is 0. The fourth-order valence-corrected chi connectivity index (χ4v) is 2.29. The van der Waals surface area contributed by atoms with Gasteiger partial charge in [0.05, 0.1) is 12.8 Å². The van der Waals surface area contributed by atoms with Crippen LogP contribution < -0.4 is 0 Å². The van der Waals surface area contributed by atoms with Gasteiger partial charge in [0.2, 0.25) is 0 Å². The fraction of sp³-hybridized carbons (Fsp3) is 0.500. The molecule has 0 amide bonds. The Morgan fingerprint density at radius 2 is 2.13 bits per heavy atom. The van der Waals surface area contributed by atoms with Gasteiger partial charge in [0.25, 0.3) is 0 Å². The number of benzene rings is 1. The van der Waals surface area contributed by atoms with Crippen LogP contribution >= 0.6 is 0 Å². The van der Waals surface area contributed by atoms with Crippen LogP contribution in [0.5, 0.6) is 0 Å². The first kappa shape index (κ1) is 10.6. The monoisotopic (exact) mass is 202 g/mol. The standard InChI is InChI=1S/C14H20N/c1-15-12-6-5-9-14(15)11-10-13-7-3-2-4-8-13/h2-4,7-9,14H,5-6,10-12H2,1H3/q+1. The molecule has 0 bridgehead atoms. The van der Waals surface area contributed by atoms with E-state index in [0.29, 0.717) is 6.04 Å². The van der Waals surface area contributed by atoms with Gasteiger partial charge in [-0.2, -0.15) is 0 Å². The molecule has 1 aromatic rings. The van der Waals surface area contributed by atoms with E-state index in [1.807, 2.05) is 0 Å². The topological polar surface area (TPSA) is 3.24 Å². The van der Waals surface area contributed by atoms with Crippen molar-refractivity contribution in [3.63, 3.8) is 0 Å². The number of likely N-dealkylation sites (tertiary alicyclic amines) is 1. The van der Waals surface area contributed by atoms with Gasteiger partial charge in [-0.15, -0.1) is 0 Å². The van der Waals surface area contributed by atoms with Crippen LogP contribution in [0.4, 0.5) is 0 Å². The lowest BCUT2D eigenvalue weighted by atomic mass is 9.96. The maximum atomic E-state index is 2.48. The minimum atomic E-state index is 0.693. The Morgan fingerprint density at radius 1 is 1.33 bits per heavy atom. The van der Waals surface area contributed by atoms with Crippen molar-refractivity contribution in [1.82, 2.24) is 4.90 Å². The summed E-state index contributed by atoms with van der Waals surface area (Å²) in [5.41, 5.74) is 1.46. The largest absolute Gasteiger partial charge is 0.266 e. The first-order valence-electron chi connectivity index (χ1n) is 5.94. The van der Waals surface area contributed by atoms with E-state index in [4.69, 9.17) is 0 Å². The summed E-state index contributed by atoms with van der Waals surface area (Å²) in [6.07, 6.45) is 7.57. The summed E-state index contributed by atoms with van der Waals surface area (Å²) in [4.78, 5) is 2.48. The Kier molecular flexibility index (Phi) is 3.68. The lowest BCUT2D eigenvalue weighted by molar-refractivity contribution is 0.221. The van der Waals surface area contributed by atoms with Gasteiger partial charge in [-0.05, 0) is 19.0 Å². The molecule has 0 spiro atoms. The predicted octanol–water partition coefficient (Wildman–Crippen LogP) is 2.92. The molecule has 1 atom stereocenters. The quantitative estimate of drug-likeness (QED) is 0.681. The Hall–Kier alpha value is -0.950. The molecule has 0 N–H and O–H groups in total. The number of hydrogen-bond acceptors (Lipinski definition) is 1. The second kappa shape index (κ2) is 5.22. The van der Waals surface area contributed by atoms with Gasteiger partial charge >= 0.3 is 0 Å². The zero-order chi connectivity index (χ0) is 10.5. The Bertz CT molecular complexity index is 281. The van der Waals surface area contributed by atoms with Gasteiger partial charge in [0, 0.05) is 19.4 Å². The van der Waals surface area contributed by atoms with Crippen molar-refractivity contribution < 1.29 is 0 Å². The van der Waals surface area contributed by atoms with Gasteiger partial charge in [0.1, 0.15) is 0 Å². The molecular formula is C14H20N+. The lowest BCUT2D eigenvalue weighted by Gasteiger charge is -2.25. The van der Waals surface area contributed by atoms with Crippen LogP contribution in [0.15, 0.2) is 30.3 Å². The van der Waals surface area contributed by atoms with Gasteiger partial charge in [-0.1, -0.05) is 30.3 Å². The minimum absolute atomic E-state index is 0.693. The molecule has 1 aromatic carbocycles. The van der Waals surface area contributed by atoms with Crippen molar-refractivity contribution in [3.05, 3.63) is 42.3 Å². The second-order valence-corrected chi connectivity index (χ2v) is 4.45. The number of nitrogens with zero attached hydrogens (tertiary/aromatic N) is 1. The van der Waals surface area contributed by atoms with E-state index in [-0.39, 0.29) is 0 Å². The SMILES string of the molecule is CN1CCC[CH+]C1CCc1ccccc1. The van der Waals surface area contributed by atoms with E-state index >= 15 is 0 Å². The van der Waals surface area contributed by atoms with Crippen molar-refractivity contribution >= 4 is 0 Å². The zero-order valence-electron chi connectivity index (χ0n) is 9.52. The number of piperidine rings is 1. The van der Waals surface area contributed by atoms with Crippen molar-refractivity contribution in [2.45, 2.75) is 31.7 Å². The van der Waals surface area contributed by atoms with E-state index in [0.717, 1.165) is 0 Å². The molecule has 80 valence electrons. The maximum absolute atomic E-state index is 2.48. The van der Waals surface area contributed by atoms with E-state index in [2.05, 4.69) is 48.7 Å². The fourth-order valence-electron chi connectivity index (χ4n) is 2.29. The molecule has 1 saturated heterocycles. The molecule has 15 heavy (non-hydrogen) atoms. The summed E-state index contributed by atoms with van der Waals surface area (Å²) in [5.74, 6) is 0. The molecule has 2 rings (SSSR count). The summed E-state index contributed by atoms with van der Waals surface area (Å²) >= 11 is 0. The highest BCUT2D eigenvalue weighted by Crippen LogP contribution is 2.18. The first-order valence-corrected chi connectivity index (χ1v) is 5.94. The molecular weight excluding hydrogens is 182 g/mol. The highest BCUT2D eigenvalue weighted by Gasteiger charge is 2.25. The molecule has 0 aromatic heterocycles. The molecule has 1 nitrogen and oxygen atoms in total. The molecule has 0 saturated carbocycles. The summed E-state index contributed by atoms with van der Waals surface area (Å²) in [6, 6.07) is 11.5. The van der Waals surface area contributed by atoms with Crippen molar-refractivity contribution in [1.29, 1.82) is 0 Å². The molecule has 0 radical (unpaired) electrons.